The molecule has 0 aliphatic rings. The van der Waals surface area contributed by atoms with Crippen LogP contribution in [0.15, 0.2) is 61.2 Å². The molecule has 26 heavy (non-hydrogen) atoms. The van der Waals surface area contributed by atoms with E-state index in [1.807, 2.05) is 24.3 Å². The molecule has 0 saturated heterocycles. The van der Waals surface area contributed by atoms with E-state index in [0.717, 1.165) is 6.42 Å². The molecule has 0 bridgehead atoms. The third-order valence-electron chi connectivity index (χ3n) is 3.85. The summed E-state index contributed by atoms with van der Waals surface area (Å²) in [4.78, 5) is 24.6. The van der Waals surface area contributed by atoms with Gasteiger partial charge in [0.15, 0.2) is 6.10 Å². The van der Waals surface area contributed by atoms with Crippen LogP contribution in [0, 0.1) is 0 Å². The standard InChI is InChI=1S/C21H24N2O3/c1-4-14-22-21(25)18-8-6-7-9-19(18)23-20(24)15(3)26-17-12-10-16(5-2)11-13-17/h4,6-13,15H,1,5,14H2,2-3H3,(H,22,25)(H,23,24)/t15-/m1/s1. The molecule has 0 aromatic heterocycles. The normalized spacial score (nSPS) is 11.3. The van der Waals surface area contributed by atoms with Crippen molar-refractivity contribution in [1.29, 1.82) is 0 Å². The smallest absolute Gasteiger partial charge is 0.265 e. The first-order chi connectivity index (χ1) is 12.5. The van der Waals surface area contributed by atoms with E-state index in [1.165, 1.54) is 5.56 Å². The first-order valence-electron chi connectivity index (χ1n) is 8.59. The number of amides is 2. The van der Waals surface area contributed by atoms with Crippen LogP contribution in [0.4, 0.5) is 5.69 Å². The number of benzene rings is 2. The lowest BCUT2D eigenvalue weighted by atomic mass is 10.1. The number of para-hydroxylation sites is 1. The predicted octanol–water partition coefficient (Wildman–Crippen LogP) is 3.57. The summed E-state index contributed by atoms with van der Waals surface area (Å²) in [6.07, 6.45) is 1.84. The summed E-state index contributed by atoms with van der Waals surface area (Å²) in [6.45, 7) is 7.67. The van der Waals surface area contributed by atoms with Crippen molar-refractivity contribution in [2.45, 2.75) is 26.4 Å². The van der Waals surface area contributed by atoms with Crippen molar-refractivity contribution in [1.82, 2.24) is 5.32 Å². The molecule has 0 aliphatic heterocycles. The Kier molecular flexibility index (Phi) is 6.97. The van der Waals surface area contributed by atoms with Crippen LogP contribution in [-0.4, -0.2) is 24.5 Å². The van der Waals surface area contributed by atoms with Gasteiger partial charge < -0.3 is 15.4 Å². The van der Waals surface area contributed by atoms with Gasteiger partial charge in [-0.25, -0.2) is 0 Å². The lowest BCUT2D eigenvalue weighted by molar-refractivity contribution is -0.122. The number of ether oxygens (including phenoxy) is 1. The molecule has 5 nitrogen and oxygen atoms in total. The maximum absolute atomic E-state index is 12.4. The van der Waals surface area contributed by atoms with Crippen molar-refractivity contribution in [2.75, 3.05) is 11.9 Å². The van der Waals surface area contributed by atoms with Gasteiger partial charge in [0.1, 0.15) is 5.75 Å². The van der Waals surface area contributed by atoms with Crippen LogP contribution in [0.25, 0.3) is 0 Å². The van der Waals surface area contributed by atoms with Crippen molar-refractivity contribution in [2.24, 2.45) is 0 Å². The second-order valence-electron chi connectivity index (χ2n) is 5.79. The Morgan fingerprint density at radius 2 is 1.85 bits per heavy atom. The molecule has 136 valence electrons. The van der Waals surface area contributed by atoms with E-state index in [9.17, 15) is 9.59 Å². The molecule has 1 atom stereocenters. The minimum absolute atomic E-state index is 0.274. The SMILES string of the molecule is C=CCNC(=O)c1ccccc1NC(=O)[C@@H](C)Oc1ccc(CC)cc1. The summed E-state index contributed by atoms with van der Waals surface area (Å²) in [5, 5.41) is 5.46. The van der Waals surface area contributed by atoms with Crippen LogP contribution in [0.1, 0.15) is 29.8 Å². The Labute approximate surface area is 154 Å². The van der Waals surface area contributed by atoms with E-state index >= 15 is 0 Å². The molecular weight excluding hydrogens is 328 g/mol. The van der Waals surface area contributed by atoms with Crippen LogP contribution in [0.3, 0.4) is 0 Å². The van der Waals surface area contributed by atoms with Gasteiger partial charge in [-0.2, -0.15) is 0 Å². The fourth-order valence-electron chi connectivity index (χ4n) is 2.35. The number of rotatable bonds is 8. The molecule has 2 aromatic rings. The Morgan fingerprint density at radius 1 is 1.15 bits per heavy atom. The van der Waals surface area contributed by atoms with Crippen LogP contribution in [0.5, 0.6) is 5.75 Å². The topological polar surface area (TPSA) is 67.4 Å². The number of hydrogen-bond acceptors (Lipinski definition) is 3. The molecule has 0 radical (unpaired) electrons. The van der Waals surface area contributed by atoms with Gasteiger partial charge in [0, 0.05) is 6.54 Å². The molecule has 0 fully saturated rings. The number of carbonyl (C=O) groups excluding carboxylic acids is 2. The summed E-state index contributed by atoms with van der Waals surface area (Å²) >= 11 is 0. The summed E-state index contributed by atoms with van der Waals surface area (Å²) in [6, 6.07) is 14.5. The van der Waals surface area contributed by atoms with Crippen molar-refractivity contribution in [3.8, 4) is 5.75 Å². The number of aryl methyl sites for hydroxylation is 1. The van der Waals surface area contributed by atoms with Crippen LogP contribution in [-0.2, 0) is 11.2 Å². The molecule has 0 saturated carbocycles. The van der Waals surface area contributed by atoms with E-state index in [-0.39, 0.29) is 11.8 Å². The number of hydrogen-bond donors (Lipinski definition) is 2. The average Bonchev–Trinajstić information content (AvgIpc) is 2.67. The largest absolute Gasteiger partial charge is 0.481 e. The third-order valence-corrected chi connectivity index (χ3v) is 3.85. The summed E-state index contributed by atoms with van der Waals surface area (Å²) in [5.41, 5.74) is 2.03. The van der Waals surface area contributed by atoms with Crippen LogP contribution in [0.2, 0.25) is 0 Å². The number of nitrogens with one attached hydrogen (secondary N) is 2. The zero-order valence-electron chi connectivity index (χ0n) is 15.1. The van der Waals surface area contributed by atoms with Gasteiger partial charge in [-0.1, -0.05) is 37.3 Å². The van der Waals surface area contributed by atoms with Gasteiger partial charge in [0.05, 0.1) is 11.3 Å². The predicted molar refractivity (Wildman–Crippen MR) is 104 cm³/mol. The highest BCUT2D eigenvalue weighted by molar-refractivity contribution is 6.04. The van der Waals surface area contributed by atoms with Gasteiger partial charge in [-0.3, -0.25) is 9.59 Å². The number of carbonyl (C=O) groups is 2. The molecule has 0 heterocycles. The highest BCUT2D eigenvalue weighted by Gasteiger charge is 2.18. The van der Waals surface area contributed by atoms with E-state index < -0.39 is 6.10 Å². The molecule has 2 aromatic carbocycles. The van der Waals surface area contributed by atoms with E-state index in [0.29, 0.717) is 23.5 Å². The van der Waals surface area contributed by atoms with Crippen molar-refractivity contribution in [3.05, 3.63) is 72.3 Å². The van der Waals surface area contributed by atoms with Crippen molar-refractivity contribution < 1.29 is 14.3 Å². The molecule has 0 unspecified atom stereocenters. The highest BCUT2D eigenvalue weighted by Crippen LogP contribution is 2.18. The van der Waals surface area contributed by atoms with Gasteiger partial charge in [-0.15, -0.1) is 6.58 Å². The summed E-state index contributed by atoms with van der Waals surface area (Å²) < 4.78 is 5.69. The second kappa shape index (κ2) is 9.42. The Bertz CT molecular complexity index is 769. The first-order valence-corrected chi connectivity index (χ1v) is 8.59. The minimum Gasteiger partial charge on any atom is -0.481 e. The molecule has 2 N–H and O–H groups in total. The average molecular weight is 352 g/mol. The van der Waals surface area contributed by atoms with Crippen molar-refractivity contribution >= 4 is 17.5 Å². The lowest BCUT2D eigenvalue weighted by Gasteiger charge is -2.16. The zero-order valence-corrected chi connectivity index (χ0v) is 15.1. The molecule has 5 heteroatoms. The second-order valence-corrected chi connectivity index (χ2v) is 5.79. The fourth-order valence-corrected chi connectivity index (χ4v) is 2.35. The molecule has 2 rings (SSSR count). The quantitative estimate of drug-likeness (QED) is 0.714. The zero-order chi connectivity index (χ0) is 18.9. The fraction of sp³-hybridized carbons (Fsp3) is 0.238. The Morgan fingerprint density at radius 3 is 2.50 bits per heavy atom. The van der Waals surface area contributed by atoms with Crippen LogP contribution >= 0.6 is 0 Å². The third kappa shape index (κ3) is 5.21. The maximum Gasteiger partial charge on any atom is 0.265 e. The van der Waals surface area contributed by atoms with Crippen LogP contribution < -0.4 is 15.4 Å². The lowest BCUT2D eigenvalue weighted by Crippen LogP contribution is -2.31. The summed E-state index contributed by atoms with van der Waals surface area (Å²) in [5.74, 6) is 0.0277. The van der Waals surface area contributed by atoms with E-state index in [1.54, 1.807) is 37.3 Å². The molecular formula is C21H24N2O3. The molecule has 2 amide bonds. The van der Waals surface area contributed by atoms with Gasteiger partial charge in [-0.05, 0) is 43.2 Å². The molecule has 0 spiro atoms. The highest BCUT2D eigenvalue weighted by atomic mass is 16.5. The van der Waals surface area contributed by atoms with E-state index in [2.05, 4.69) is 24.1 Å². The van der Waals surface area contributed by atoms with Gasteiger partial charge in [0.2, 0.25) is 0 Å². The summed E-state index contributed by atoms with van der Waals surface area (Å²) in [7, 11) is 0. The van der Waals surface area contributed by atoms with Gasteiger partial charge in [0.25, 0.3) is 11.8 Å². The molecule has 0 aliphatic carbocycles. The monoisotopic (exact) mass is 352 g/mol. The minimum atomic E-state index is -0.702. The van der Waals surface area contributed by atoms with Crippen molar-refractivity contribution in [3.63, 3.8) is 0 Å². The Hall–Kier alpha value is -3.08. The number of anilines is 1. The van der Waals surface area contributed by atoms with Gasteiger partial charge >= 0.3 is 0 Å². The van der Waals surface area contributed by atoms with E-state index in [4.69, 9.17) is 4.74 Å². The first kappa shape index (κ1) is 19.2. The Balaban J connectivity index is 2.04. The maximum atomic E-state index is 12.4.